The Balaban J connectivity index is 0. The topological polar surface area (TPSA) is 135 Å². The molecular formula is HAlO7S2. The average molecular weight is 204 g/mol. The number of hydrogen-bond acceptors (Lipinski definition) is 6. The second-order valence-corrected chi connectivity index (χ2v) is 4.56. The summed E-state index contributed by atoms with van der Waals surface area (Å²) < 4.78 is 59.8. The van der Waals surface area contributed by atoms with Crippen molar-refractivity contribution in [2.45, 2.75) is 0 Å². The molecule has 0 aromatic carbocycles. The third-order valence-corrected chi connectivity index (χ3v) is 0. The number of hydrogen-bond donors (Lipinski definition) is 1. The zero-order valence-corrected chi connectivity index (χ0v) is 7.08. The van der Waals surface area contributed by atoms with Gasteiger partial charge in [0.1, 0.15) is 0 Å². The van der Waals surface area contributed by atoms with E-state index in [4.69, 9.17) is 30.5 Å². The van der Waals surface area contributed by atoms with E-state index in [1.54, 1.807) is 0 Å². The fourth-order valence-corrected chi connectivity index (χ4v) is 0. The quantitative estimate of drug-likeness (QED) is 0.264. The summed E-state index contributed by atoms with van der Waals surface area (Å²) >= 11 is 1.24. The van der Waals surface area contributed by atoms with Gasteiger partial charge in [0.25, 0.3) is 0 Å². The van der Waals surface area contributed by atoms with Crippen molar-refractivity contribution in [3.63, 3.8) is 0 Å². The zero-order valence-electron chi connectivity index (χ0n) is 4.29. The predicted molar refractivity (Wildman–Crippen MR) is 27.8 cm³/mol. The molecule has 0 aromatic heterocycles. The first-order valence-electron chi connectivity index (χ1n) is 1.42. The van der Waals surface area contributed by atoms with Crippen LogP contribution in [0.3, 0.4) is 0 Å². The van der Waals surface area contributed by atoms with Gasteiger partial charge in [0.05, 0.1) is 0 Å². The molecule has 58 valence electrons. The summed E-state index contributed by atoms with van der Waals surface area (Å²) in [6.45, 7) is 0. The zero-order chi connectivity index (χ0) is 9.00. The average Bonchev–Trinajstić information content (AvgIpc) is 1.12. The van der Waals surface area contributed by atoms with E-state index in [0.29, 0.717) is 0 Å². The van der Waals surface area contributed by atoms with Crippen LogP contribution in [0.2, 0.25) is 0 Å². The monoisotopic (exact) mass is 204 g/mol. The minimum atomic E-state index is -5.17. The van der Waals surface area contributed by atoms with Gasteiger partial charge < -0.3 is 9.11 Å². The van der Waals surface area contributed by atoms with Gasteiger partial charge in [-0.1, -0.05) is 0 Å². The Morgan fingerprint density at radius 3 is 1.10 bits per heavy atom. The summed E-state index contributed by atoms with van der Waals surface area (Å²) in [6.07, 6.45) is 0. The first kappa shape index (κ1) is 12.9. The van der Waals surface area contributed by atoms with Gasteiger partial charge in [-0.3, -0.25) is 8.42 Å². The summed E-state index contributed by atoms with van der Waals surface area (Å²) in [5, 5.41) is 0. The van der Waals surface area contributed by atoms with Gasteiger partial charge in [-0.25, -0.2) is 0 Å². The van der Waals surface area contributed by atoms with Crippen LogP contribution in [-0.2, 0) is 18.9 Å². The summed E-state index contributed by atoms with van der Waals surface area (Å²) in [5.41, 5.74) is 0. The van der Waals surface area contributed by atoms with E-state index in [1.807, 2.05) is 0 Å². The van der Waals surface area contributed by atoms with Crippen molar-refractivity contribution < 1.29 is 30.5 Å². The van der Waals surface area contributed by atoms with Crippen molar-refractivity contribution in [3.8, 4) is 0 Å². The van der Waals surface area contributed by atoms with Gasteiger partial charge in [0.2, 0.25) is 0 Å². The molecule has 0 amide bonds. The van der Waals surface area contributed by atoms with Crippen LogP contribution >= 0.6 is 0 Å². The molecule has 0 aromatic rings. The van der Waals surface area contributed by atoms with E-state index in [9.17, 15) is 0 Å². The molecule has 0 saturated carbocycles. The predicted octanol–water partition coefficient (Wildman–Crippen LogP) is -2.38. The molecule has 0 rings (SSSR count). The normalized spacial score (nSPS) is 11.7. The maximum absolute atomic E-state index is 9.15. The summed E-state index contributed by atoms with van der Waals surface area (Å²) in [4.78, 5) is 0. The van der Waals surface area contributed by atoms with Crippen molar-refractivity contribution in [3.05, 3.63) is 0 Å². The van der Waals surface area contributed by atoms with Crippen molar-refractivity contribution in [2.24, 2.45) is 0 Å². The first-order chi connectivity index (χ1) is 4.00. The molecule has 10 heavy (non-hydrogen) atoms. The van der Waals surface area contributed by atoms with E-state index < -0.39 is 18.9 Å². The Morgan fingerprint density at radius 1 is 1.10 bits per heavy atom. The van der Waals surface area contributed by atoms with E-state index in [1.165, 1.54) is 15.2 Å². The molecule has 0 atom stereocenters. The van der Waals surface area contributed by atoms with Crippen LogP contribution < -0.4 is 0 Å². The fourth-order valence-electron chi connectivity index (χ4n) is 0. The van der Waals surface area contributed by atoms with Crippen LogP contribution in [0.15, 0.2) is 0 Å². The Bertz CT molecular complexity index is 208. The molecular weight excluding hydrogens is 203 g/mol. The minimum absolute atomic E-state index is 1.24. The van der Waals surface area contributed by atoms with Crippen molar-refractivity contribution in [1.29, 1.82) is 0 Å². The molecule has 0 unspecified atom stereocenters. The molecule has 0 radical (unpaired) electrons. The molecule has 0 spiro atoms. The molecule has 0 aliphatic carbocycles. The van der Waals surface area contributed by atoms with Gasteiger partial charge in [0, 0.05) is 10.4 Å². The second-order valence-electron chi connectivity index (χ2n) is 0.923. The Kier molecular flexibility index (Phi) is 5.49. The molecule has 0 aliphatic heterocycles. The van der Waals surface area contributed by atoms with E-state index in [2.05, 4.69) is 0 Å². The van der Waals surface area contributed by atoms with Crippen LogP contribution in [0.5, 0.6) is 0 Å². The van der Waals surface area contributed by atoms with Gasteiger partial charge >= 0.3 is 36.6 Å². The Hall–Kier alpha value is 0.312. The Labute approximate surface area is 64.8 Å². The van der Waals surface area contributed by atoms with Crippen LogP contribution in [0.4, 0.5) is 0 Å². The van der Waals surface area contributed by atoms with Crippen molar-refractivity contribution in [1.82, 2.24) is 0 Å². The third kappa shape index (κ3) is 4550. The van der Waals surface area contributed by atoms with Crippen LogP contribution in [0.1, 0.15) is 0 Å². The molecule has 0 fully saturated rings. The van der Waals surface area contributed by atoms with Gasteiger partial charge in [-0.2, -0.15) is 0 Å². The van der Waals surface area contributed by atoms with Gasteiger partial charge in [-0.15, -0.1) is 0 Å². The summed E-state index contributed by atoms with van der Waals surface area (Å²) in [7, 11) is -8.92. The Morgan fingerprint density at radius 2 is 1.10 bits per heavy atom. The summed E-state index contributed by atoms with van der Waals surface area (Å²) in [6, 6.07) is 0. The first-order valence-corrected chi connectivity index (χ1v) is 5.67. The summed E-state index contributed by atoms with van der Waals surface area (Å²) in [5.74, 6) is 0. The maximum atomic E-state index is 9.15. The van der Waals surface area contributed by atoms with Gasteiger partial charge in [0.15, 0.2) is 0 Å². The van der Waals surface area contributed by atoms with Gasteiger partial charge in [-0.05, 0) is 0 Å². The van der Waals surface area contributed by atoms with Crippen LogP contribution in [0.25, 0.3) is 0 Å². The molecule has 0 aliphatic rings. The fraction of sp³-hybridized carbons (Fsp3) is 0. The number of rotatable bonds is 0. The van der Waals surface area contributed by atoms with E-state index in [-0.39, 0.29) is 0 Å². The van der Waals surface area contributed by atoms with E-state index >= 15 is 0 Å². The van der Waals surface area contributed by atoms with E-state index in [0.717, 1.165) is 0 Å². The molecule has 7 nitrogen and oxygen atoms in total. The SMILES string of the molecule is O=S(=O)([O-])[O-].O=[S](=O)(O)[Al+2]. The molecule has 0 saturated heterocycles. The van der Waals surface area contributed by atoms with Crippen molar-refractivity contribution >= 4 is 34.0 Å². The van der Waals surface area contributed by atoms with Crippen LogP contribution in [0, 0.1) is 0 Å². The third-order valence-electron chi connectivity index (χ3n) is 0. The molecule has 0 heterocycles. The molecule has 10 heteroatoms. The van der Waals surface area contributed by atoms with Crippen molar-refractivity contribution in [2.75, 3.05) is 0 Å². The second kappa shape index (κ2) is 4.24. The van der Waals surface area contributed by atoms with Crippen LogP contribution in [-0.4, -0.2) is 45.7 Å². The standard InChI is InChI=1S/Al.H2O4S.HO3S/c;1-5(2,3)4;1-4(2)3/h;(H2,1,2,3,4);(H,1,2,3)/q+2;;/p-2. The molecule has 0 bridgehead atoms. The molecule has 1 N–H and O–H groups in total.